The monoisotopic (exact) mass is 276 g/mol. The average molecular weight is 276 g/mol. The van der Waals surface area contributed by atoms with Crippen LogP contribution in [0.3, 0.4) is 0 Å². The van der Waals surface area contributed by atoms with Crippen molar-refractivity contribution in [3.63, 3.8) is 0 Å². The third kappa shape index (κ3) is 2.30. The number of aromatic carboxylic acids is 1. The number of hydrogen-bond donors (Lipinski definition) is 1. The molecule has 20 heavy (non-hydrogen) atoms. The maximum Gasteiger partial charge on any atom is 0.336 e. The molecular weight excluding hydrogens is 264 g/mol. The van der Waals surface area contributed by atoms with Crippen molar-refractivity contribution >= 4 is 22.6 Å². The molecule has 0 spiro atoms. The van der Waals surface area contributed by atoms with Crippen LogP contribution in [0.4, 0.5) is 5.69 Å². The first-order valence-corrected chi connectivity index (χ1v) is 5.75. The quantitative estimate of drug-likeness (QED) is 0.678. The van der Waals surface area contributed by atoms with Crippen molar-refractivity contribution in [3.05, 3.63) is 45.1 Å². The molecule has 1 heterocycles. The Morgan fingerprint density at radius 2 is 2.20 bits per heavy atom. The number of rotatable bonds is 4. The molecule has 1 aromatic carbocycles. The number of ether oxygens (including phenoxy) is 1. The van der Waals surface area contributed by atoms with Crippen LogP contribution < -0.4 is 0 Å². The molecule has 0 aliphatic carbocycles. The molecule has 0 amide bonds. The van der Waals surface area contributed by atoms with Gasteiger partial charge in [-0.3, -0.25) is 15.1 Å². The van der Waals surface area contributed by atoms with Crippen molar-refractivity contribution in [2.24, 2.45) is 0 Å². The van der Waals surface area contributed by atoms with Gasteiger partial charge in [0.1, 0.15) is 0 Å². The zero-order chi connectivity index (χ0) is 14.9. The van der Waals surface area contributed by atoms with Crippen LogP contribution in [-0.2, 0) is 11.3 Å². The summed E-state index contributed by atoms with van der Waals surface area (Å²) in [6.07, 6.45) is 0. The Labute approximate surface area is 114 Å². The fourth-order valence-corrected chi connectivity index (χ4v) is 2.09. The van der Waals surface area contributed by atoms with Crippen LogP contribution >= 0.6 is 0 Å². The van der Waals surface area contributed by atoms with Gasteiger partial charge in [0.25, 0.3) is 5.69 Å². The summed E-state index contributed by atoms with van der Waals surface area (Å²) in [6.45, 7) is 1.76. The standard InChI is InChI=1S/C13H12N2O5/c1-7-10(6-20-2)12(13(16)17)9-5-8(15(18)19)3-4-11(9)14-7/h3-5H,6H2,1-2H3,(H,16,17). The lowest BCUT2D eigenvalue weighted by molar-refractivity contribution is -0.384. The number of carboxylic acids is 1. The molecular formula is C13H12N2O5. The van der Waals surface area contributed by atoms with E-state index in [9.17, 15) is 20.0 Å². The number of nitro benzene ring substituents is 1. The number of hydrogen-bond acceptors (Lipinski definition) is 5. The van der Waals surface area contributed by atoms with E-state index < -0.39 is 10.9 Å². The second-order valence-corrected chi connectivity index (χ2v) is 4.25. The maximum absolute atomic E-state index is 11.5. The van der Waals surface area contributed by atoms with Gasteiger partial charge in [0.15, 0.2) is 0 Å². The zero-order valence-electron chi connectivity index (χ0n) is 10.9. The van der Waals surface area contributed by atoms with Gasteiger partial charge in [0.05, 0.1) is 22.6 Å². The predicted molar refractivity (Wildman–Crippen MR) is 70.8 cm³/mol. The van der Waals surface area contributed by atoms with E-state index in [4.69, 9.17) is 4.74 Å². The number of nitrogens with zero attached hydrogens (tertiary/aromatic N) is 2. The van der Waals surface area contributed by atoms with E-state index in [-0.39, 0.29) is 23.2 Å². The number of benzene rings is 1. The maximum atomic E-state index is 11.5. The predicted octanol–water partition coefficient (Wildman–Crippen LogP) is 2.30. The molecule has 1 aromatic heterocycles. The first kappa shape index (κ1) is 13.9. The minimum Gasteiger partial charge on any atom is -0.478 e. The molecule has 0 aliphatic heterocycles. The van der Waals surface area contributed by atoms with E-state index in [0.717, 1.165) is 0 Å². The molecule has 0 bridgehead atoms. The Morgan fingerprint density at radius 3 is 2.75 bits per heavy atom. The minimum absolute atomic E-state index is 0.00181. The third-order valence-electron chi connectivity index (χ3n) is 2.99. The van der Waals surface area contributed by atoms with E-state index in [1.54, 1.807) is 6.92 Å². The summed E-state index contributed by atoms with van der Waals surface area (Å²) in [7, 11) is 1.45. The zero-order valence-corrected chi connectivity index (χ0v) is 10.9. The second kappa shape index (κ2) is 5.22. The van der Waals surface area contributed by atoms with Gasteiger partial charge in [-0.15, -0.1) is 0 Å². The first-order chi connectivity index (χ1) is 9.45. The number of pyridine rings is 1. The van der Waals surface area contributed by atoms with Gasteiger partial charge < -0.3 is 9.84 Å². The Morgan fingerprint density at radius 1 is 1.50 bits per heavy atom. The lowest BCUT2D eigenvalue weighted by Gasteiger charge is -2.11. The lowest BCUT2D eigenvalue weighted by atomic mass is 10.0. The van der Waals surface area contributed by atoms with Gasteiger partial charge in [0.2, 0.25) is 0 Å². The smallest absolute Gasteiger partial charge is 0.336 e. The van der Waals surface area contributed by atoms with E-state index in [0.29, 0.717) is 16.8 Å². The van der Waals surface area contributed by atoms with Gasteiger partial charge in [-0.2, -0.15) is 0 Å². The van der Waals surface area contributed by atoms with E-state index in [2.05, 4.69) is 4.98 Å². The van der Waals surface area contributed by atoms with Crippen LogP contribution in [0.25, 0.3) is 10.9 Å². The molecule has 7 heteroatoms. The summed E-state index contributed by atoms with van der Waals surface area (Å²) in [6, 6.07) is 3.98. The molecule has 7 nitrogen and oxygen atoms in total. The highest BCUT2D eigenvalue weighted by atomic mass is 16.6. The van der Waals surface area contributed by atoms with Crippen molar-refractivity contribution in [1.82, 2.24) is 4.98 Å². The van der Waals surface area contributed by atoms with Crippen molar-refractivity contribution in [3.8, 4) is 0 Å². The Hall–Kier alpha value is -2.54. The lowest BCUT2D eigenvalue weighted by Crippen LogP contribution is -2.09. The second-order valence-electron chi connectivity index (χ2n) is 4.25. The molecule has 2 aromatic rings. The number of aromatic nitrogens is 1. The van der Waals surface area contributed by atoms with Crippen LogP contribution in [0, 0.1) is 17.0 Å². The largest absolute Gasteiger partial charge is 0.478 e. The Balaban J connectivity index is 2.86. The highest BCUT2D eigenvalue weighted by molar-refractivity contribution is 6.04. The van der Waals surface area contributed by atoms with E-state index in [1.165, 1.54) is 25.3 Å². The number of fused-ring (bicyclic) bond motifs is 1. The van der Waals surface area contributed by atoms with Crippen LogP contribution in [0.5, 0.6) is 0 Å². The number of nitro groups is 1. The molecule has 0 unspecified atom stereocenters. The normalized spacial score (nSPS) is 10.7. The van der Waals surface area contributed by atoms with Crippen molar-refractivity contribution < 1.29 is 19.6 Å². The fraction of sp³-hybridized carbons (Fsp3) is 0.231. The topological polar surface area (TPSA) is 103 Å². The number of carboxylic acid groups (broad SMARTS) is 1. The molecule has 104 valence electrons. The van der Waals surface area contributed by atoms with Crippen LogP contribution in [0.2, 0.25) is 0 Å². The van der Waals surface area contributed by atoms with Crippen LogP contribution in [-0.4, -0.2) is 28.1 Å². The molecule has 0 fully saturated rings. The fourth-order valence-electron chi connectivity index (χ4n) is 2.09. The van der Waals surface area contributed by atoms with Crippen LogP contribution in [0.1, 0.15) is 21.6 Å². The summed E-state index contributed by atoms with van der Waals surface area (Å²) in [5.74, 6) is -1.16. The van der Waals surface area contributed by atoms with Crippen molar-refractivity contribution in [2.75, 3.05) is 7.11 Å². The third-order valence-corrected chi connectivity index (χ3v) is 2.99. The minimum atomic E-state index is -1.16. The van der Waals surface area contributed by atoms with Gasteiger partial charge in [-0.05, 0) is 13.0 Å². The van der Waals surface area contributed by atoms with E-state index >= 15 is 0 Å². The number of non-ortho nitro benzene ring substituents is 1. The van der Waals surface area contributed by atoms with Crippen LogP contribution in [0.15, 0.2) is 18.2 Å². The summed E-state index contributed by atoms with van der Waals surface area (Å²) in [4.78, 5) is 26.0. The number of aryl methyl sites for hydroxylation is 1. The van der Waals surface area contributed by atoms with Crippen molar-refractivity contribution in [1.29, 1.82) is 0 Å². The summed E-state index contributed by atoms with van der Waals surface area (Å²) < 4.78 is 4.99. The Kier molecular flexibility index (Phi) is 3.62. The van der Waals surface area contributed by atoms with Gasteiger partial charge in [0, 0.05) is 35.9 Å². The molecule has 0 radical (unpaired) electrons. The summed E-state index contributed by atoms with van der Waals surface area (Å²) in [5, 5.41) is 20.4. The van der Waals surface area contributed by atoms with Gasteiger partial charge in [-0.1, -0.05) is 0 Å². The van der Waals surface area contributed by atoms with E-state index in [1.807, 2.05) is 0 Å². The highest BCUT2D eigenvalue weighted by Crippen LogP contribution is 2.27. The van der Waals surface area contributed by atoms with Gasteiger partial charge >= 0.3 is 5.97 Å². The molecule has 0 saturated heterocycles. The Bertz CT molecular complexity index is 711. The SMILES string of the molecule is COCc1c(C)nc2ccc([N+](=O)[O-])cc2c1C(=O)O. The molecule has 2 rings (SSSR count). The average Bonchev–Trinajstić information content (AvgIpc) is 2.38. The number of methoxy groups -OCH3 is 1. The molecule has 1 N–H and O–H groups in total. The molecule has 0 saturated carbocycles. The molecule has 0 aliphatic rings. The first-order valence-electron chi connectivity index (χ1n) is 5.75. The highest BCUT2D eigenvalue weighted by Gasteiger charge is 2.20. The van der Waals surface area contributed by atoms with Gasteiger partial charge in [-0.25, -0.2) is 4.79 Å². The molecule has 0 atom stereocenters. The van der Waals surface area contributed by atoms with Crippen molar-refractivity contribution in [2.45, 2.75) is 13.5 Å². The summed E-state index contributed by atoms with van der Waals surface area (Å²) in [5.41, 5.74) is 1.19. The summed E-state index contributed by atoms with van der Waals surface area (Å²) >= 11 is 0. The number of carbonyl (C=O) groups is 1.